The van der Waals surface area contributed by atoms with E-state index >= 15 is 0 Å². The molecule has 0 radical (unpaired) electrons. The minimum atomic E-state index is 0.498. The molecule has 18 heavy (non-hydrogen) atoms. The Balaban J connectivity index is 1.76. The van der Waals surface area contributed by atoms with Crippen LogP contribution in [-0.4, -0.2) is 25.3 Å². The number of methoxy groups -OCH3 is 1. The second-order valence-corrected chi connectivity index (χ2v) is 6.43. The summed E-state index contributed by atoms with van der Waals surface area (Å²) in [6, 6.07) is 1.39. The van der Waals surface area contributed by atoms with Crippen molar-refractivity contribution in [3.05, 3.63) is 0 Å². The van der Waals surface area contributed by atoms with Crippen molar-refractivity contribution >= 4 is 0 Å². The van der Waals surface area contributed by atoms with Crippen LogP contribution in [0.4, 0.5) is 0 Å². The second kappa shape index (κ2) is 7.49. The van der Waals surface area contributed by atoms with Gasteiger partial charge in [0.15, 0.2) is 0 Å². The molecule has 2 nitrogen and oxygen atoms in total. The molecule has 2 aliphatic carbocycles. The normalized spacial score (nSPS) is 33.0. The van der Waals surface area contributed by atoms with Crippen molar-refractivity contribution in [2.45, 2.75) is 89.3 Å². The molecule has 2 heteroatoms. The zero-order valence-corrected chi connectivity index (χ0v) is 12.3. The van der Waals surface area contributed by atoms with E-state index in [4.69, 9.17) is 4.74 Å². The van der Waals surface area contributed by atoms with E-state index in [9.17, 15) is 0 Å². The Hall–Kier alpha value is -0.0800. The Bertz CT molecular complexity index is 223. The van der Waals surface area contributed by atoms with Gasteiger partial charge in [-0.15, -0.1) is 0 Å². The fourth-order valence-corrected chi connectivity index (χ4v) is 3.83. The lowest BCUT2D eigenvalue weighted by molar-refractivity contribution is 0.0555. The topological polar surface area (TPSA) is 21.3 Å². The molecule has 0 aliphatic heterocycles. The molecule has 0 saturated heterocycles. The number of ether oxygens (including phenoxy) is 1. The van der Waals surface area contributed by atoms with Crippen LogP contribution >= 0.6 is 0 Å². The van der Waals surface area contributed by atoms with E-state index < -0.39 is 0 Å². The fourth-order valence-electron chi connectivity index (χ4n) is 3.83. The molecule has 2 aliphatic rings. The van der Waals surface area contributed by atoms with E-state index in [1.165, 1.54) is 64.2 Å². The lowest BCUT2D eigenvalue weighted by Gasteiger charge is -2.33. The van der Waals surface area contributed by atoms with Crippen LogP contribution < -0.4 is 5.32 Å². The zero-order valence-electron chi connectivity index (χ0n) is 12.3. The maximum atomic E-state index is 5.53. The summed E-state index contributed by atoms with van der Waals surface area (Å²) < 4.78 is 5.53. The molecular formula is C16H31NO. The van der Waals surface area contributed by atoms with Crippen molar-refractivity contribution in [1.29, 1.82) is 0 Å². The molecule has 0 bridgehead atoms. The van der Waals surface area contributed by atoms with E-state index in [-0.39, 0.29) is 0 Å². The van der Waals surface area contributed by atoms with Gasteiger partial charge in [-0.3, -0.25) is 0 Å². The molecule has 3 atom stereocenters. The van der Waals surface area contributed by atoms with E-state index in [0.717, 1.165) is 5.92 Å². The quantitative estimate of drug-likeness (QED) is 0.767. The van der Waals surface area contributed by atoms with Gasteiger partial charge in [-0.1, -0.05) is 25.7 Å². The summed E-state index contributed by atoms with van der Waals surface area (Å²) in [5.74, 6) is 0.912. The summed E-state index contributed by atoms with van der Waals surface area (Å²) in [6.45, 7) is 2.41. The van der Waals surface area contributed by atoms with Crippen molar-refractivity contribution in [3.8, 4) is 0 Å². The Labute approximate surface area is 113 Å². The Kier molecular flexibility index (Phi) is 5.97. The Morgan fingerprint density at radius 1 is 0.944 bits per heavy atom. The highest BCUT2D eigenvalue weighted by Gasteiger charge is 2.25. The van der Waals surface area contributed by atoms with Gasteiger partial charge in [0.05, 0.1) is 6.10 Å². The Morgan fingerprint density at radius 2 is 1.67 bits per heavy atom. The van der Waals surface area contributed by atoms with Crippen LogP contribution in [0.5, 0.6) is 0 Å². The lowest BCUT2D eigenvalue weighted by Crippen LogP contribution is -2.44. The summed E-state index contributed by atoms with van der Waals surface area (Å²) in [6.07, 6.45) is 14.3. The van der Waals surface area contributed by atoms with Gasteiger partial charge in [-0.2, -0.15) is 0 Å². The fraction of sp³-hybridized carbons (Fsp3) is 1.00. The standard InChI is InChI=1S/C16H31NO/c1-13(14-8-5-3-4-6-9-14)17-15-10-7-11-16(12-15)18-2/h13-17H,3-12H2,1-2H3/t13-,15?,16?/m0/s1. The molecule has 106 valence electrons. The van der Waals surface area contributed by atoms with E-state index in [2.05, 4.69) is 12.2 Å². The maximum absolute atomic E-state index is 5.53. The molecule has 0 aromatic rings. The first-order valence-electron chi connectivity index (χ1n) is 8.08. The molecule has 0 aromatic heterocycles. The SMILES string of the molecule is COC1CCCC(N[C@@H](C)C2CCCCCC2)C1. The molecule has 2 unspecified atom stereocenters. The minimum Gasteiger partial charge on any atom is -0.381 e. The highest BCUT2D eigenvalue weighted by Crippen LogP contribution is 2.27. The van der Waals surface area contributed by atoms with Crippen molar-refractivity contribution in [3.63, 3.8) is 0 Å². The molecule has 0 spiro atoms. The van der Waals surface area contributed by atoms with Crippen LogP contribution in [0.25, 0.3) is 0 Å². The zero-order chi connectivity index (χ0) is 12.8. The molecule has 1 N–H and O–H groups in total. The molecule has 2 fully saturated rings. The van der Waals surface area contributed by atoms with Gasteiger partial charge in [-0.25, -0.2) is 0 Å². The third kappa shape index (κ3) is 4.24. The van der Waals surface area contributed by atoms with Gasteiger partial charge in [0, 0.05) is 19.2 Å². The van der Waals surface area contributed by atoms with Crippen molar-refractivity contribution in [1.82, 2.24) is 5.32 Å². The first-order chi connectivity index (χ1) is 8.79. The van der Waals surface area contributed by atoms with Gasteiger partial charge in [0.1, 0.15) is 0 Å². The highest BCUT2D eigenvalue weighted by molar-refractivity contribution is 4.83. The van der Waals surface area contributed by atoms with Crippen LogP contribution in [-0.2, 0) is 4.74 Å². The smallest absolute Gasteiger partial charge is 0.0586 e. The van der Waals surface area contributed by atoms with Gasteiger partial charge in [-0.05, 0) is 51.4 Å². The molecule has 0 heterocycles. The van der Waals surface area contributed by atoms with Crippen LogP contribution in [0.15, 0.2) is 0 Å². The highest BCUT2D eigenvalue weighted by atomic mass is 16.5. The van der Waals surface area contributed by atoms with Gasteiger partial charge < -0.3 is 10.1 Å². The molecule has 2 saturated carbocycles. The second-order valence-electron chi connectivity index (χ2n) is 6.43. The van der Waals surface area contributed by atoms with Crippen LogP contribution in [0.1, 0.15) is 71.1 Å². The van der Waals surface area contributed by atoms with E-state index in [1.807, 2.05) is 7.11 Å². The maximum Gasteiger partial charge on any atom is 0.0586 e. The van der Waals surface area contributed by atoms with Gasteiger partial charge in [0.2, 0.25) is 0 Å². The summed E-state index contributed by atoms with van der Waals surface area (Å²) >= 11 is 0. The van der Waals surface area contributed by atoms with Gasteiger partial charge in [0.25, 0.3) is 0 Å². The summed E-state index contributed by atoms with van der Waals surface area (Å²) in [4.78, 5) is 0. The third-order valence-corrected chi connectivity index (χ3v) is 5.06. The predicted molar refractivity (Wildman–Crippen MR) is 76.8 cm³/mol. The van der Waals surface area contributed by atoms with Crippen molar-refractivity contribution < 1.29 is 4.74 Å². The molecule has 0 amide bonds. The first kappa shape index (κ1) is 14.3. The van der Waals surface area contributed by atoms with Crippen molar-refractivity contribution in [2.24, 2.45) is 5.92 Å². The summed E-state index contributed by atoms with van der Waals surface area (Å²) in [7, 11) is 1.86. The van der Waals surface area contributed by atoms with E-state index in [0.29, 0.717) is 18.2 Å². The minimum absolute atomic E-state index is 0.498. The number of nitrogens with one attached hydrogen (secondary N) is 1. The Morgan fingerprint density at radius 3 is 2.33 bits per heavy atom. The van der Waals surface area contributed by atoms with E-state index in [1.54, 1.807) is 0 Å². The molecule has 2 rings (SSSR count). The largest absolute Gasteiger partial charge is 0.381 e. The van der Waals surface area contributed by atoms with Crippen LogP contribution in [0.2, 0.25) is 0 Å². The number of hydrogen-bond acceptors (Lipinski definition) is 2. The van der Waals surface area contributed by atoms with Crippen LogP contribution in [0.3, 0.4) is 0 Å². The predicted octanol–water partition coefficient (Wildman–Crippen LogP) is 3.89. The average Bonchev–Trinajstić information content (AvgIpc) is 2.68. The summed E-state index contributed by atoms with van der Waals surface area (Å²) in [5, 5.41) is 3.90. The lowest BCUT2D eigenvalue weighted by atomic mass is 9.88. The average molecular weight is 253 g/mol. The third-order valence-electron chi connectivity index (χ3n) is 5.06. The van der Waals surface area contributed by atoms with Crippen molar-refractivity contribution in [2.75, 3.05) is 7.11 Å². The van der Waals surface area contributed by atoms with Crippen LogP contribution in [0, 0.1) is 5.92 Å². The monoisotopic (exact) mass is 253 g/mol. The molecular weight excluding hydrogens is 222 g/mol. The number of hydrogen-bond donors (Lipinski definition) is 1. The number of rotatable bonds is 4. The van der Waals surface area contributed by atoms with Gasteiger partial charge >= 0.3 is 0 Å². The molecule has 0 aromatic carbocycles. The first-order valence-corrected chi connectivity index (χ1v) is 8.08. The summed E-state index contributed by atoms with van der Waals surface area (Å²) in [5.41, 5.74) is 0.